The lowest BCUT2D eigenvalue weighted by Crippen LogP contribution is -2.30. The van der Waals surface area contributed by atoms with E-state index in [2.05, 4.69) is 20.7 Å². The van der Waals surface area contributed by atoms with Gasteiger partial charge >= 0.3 is 6.18 Å². The Bertz CT molecular complexity index is 312. The molecule has 0 amide bonds. The maximum absolute atomic E-state index is 12.6. The SMILES string of the molecule is CSN[C@@H](c1ccc(Br)cc1)C(F)(F)F. The van der Waals surface area contributed by atoms with Crippen LogP contribution in [0.2, 0.25) is 0 Å². The van der Waals surface area contributed by atoms with Crippen LogP contribution >= 0.6 is 27.9 Å². The zero-order chi connectivity index (χ0) is 11.5. The molecule has 0 radical (unpaired) electrons. The highest BCUT2D eigenvalue weighted by Gasteiger charge is 2.40. The van der Waals surface area contributed by atoms with E-state index in [1.54, 1.807) is 18.4 Å². The molecular weight excluding hydrogens is 291 g/mol. The summed E-state index contributed by atoms with van der Waals surface area (Å²) in [5, 5.41) is 0. The predicted molar refractivity (Wildman–Crippen MR) is 59.6 cm³/mol. The standard InChI is InChI=1S/C9H9BrF3NS/c1-15-14-8(9(11,12)13)6-2-4-7(10)5-3-6/h2-5,8,14H,1H3/t8-/m0/s1. The van der Waals surface area contributed by atoms with Gasteiger partial charge in [0.15, 0.2) is 0 Å². The Morgan fingerprint density at radius 1 is 1.27 bits per heavy atom. The van der Waals surface area contributed by atoms with Gasteiger partial charge in [0.2, 0.25) is 0 Å². The van der Waals surface area contributed by atoms with E-state index < -0.39 is 12.2 Å². The molecule has 0 aliphatic heterocycles. The molecule has 1 atom stereocenters. The molecule has 84 valence electrons. The van der Waals surface area contributed by atoms with Gasteiger partial charge in [-0.15, -0.1) is 0 Å². The second kappa shape index (κ2) is 5.23. The van der Waals surface area contributed by atoms with Crippen LogP contribution in [0.15, 0.2) is 28.7 Å². The lowest BCUT2D eigenvalue weighted by Gasteiger charge is -2.20. The molecule has 0 aromatic heterocycles. The van der Waals surface area contributed by atoms with Crippen LogP contribution in [0.1, 0.15) is 11.6 Å². The second-order valence-corrected chi connectivity index (χ2v) is 4.41. The smallest absolute Gasteiger partial charge is 0.248 e. The van der Waals surface area contributed by atoms with Crippen molar-refractivity contribution in [1.82, 2.24) is 4.72 Å². The number of alkyl halides is 3. The van der Waals surface area contributed by atoms with E-state index in [9.17, 15) is 13.2 Å². The summed E-state index contributed by atoms with van der Waals surface area (Å²) in [6, 6.07) is 4.46. The molecule has 0 fully saturated rings. The Balaban J connectivity index is 2.94. The Kier molecular flexibility index (Phi) is 4.48. The molecule has 0 spiro atoms. The van der Waals surface area contributed by atoms with Crippen molar-refractivity contribution < 1.29 is 13.2 Å². The minimum Gasteiger partial charge on any atom is -0.248 e. The van der Waals surface area contributed by atoms with Crippen LogP contribution in [0.4, 0.5) is 13.2 Å². The van der Waals surface area contributed by atoms with Gasteiger partial charge < -0.3 is 0 Å². The lowest BCUT2D eigenvalue weighted by atomic mass is 10.1. The molecule has 1 nitrogen and oxygen atoms in total. The van der Waals surface area contributed by atoms with E-state index in [1.807, 2.05) is 0 Å². The average Bonchev–Trinajstić information content (AvgIpc) is 2.14. The van der Waals surface area contributed by atoms with Crippen molar-refractivity contribution in [2.75, 3.05) is 6.26 Å². The van der Waals surface area contributed by atoms with Crippen molar-refractivity contribution in [2.45, 2.75) is 12.2 Å². The Morgan fingerprint density at radius 3 is 2.20 bits per heavy atom. The van der Waals surface area contributed by atoms with Crippen molar-refractivity contribution in [1.29, 1.82) is 0 Å². The molecule has 0 heterocycles. The largest absolute Gasteiger partial charge is 0.408 e. The number of rotatable bonds is 3. The molecule has 6 heteroatoms. The maximum Gasteiger partial charge on any atom is 0.408 e. The van der Waals surface area contributed by atoms with E-state index in [0.29, 0.717) is 0 Å². The van der Waals surface area contributed by atoms with Crippen LogP contribution in [-0.2, 0) is 0 Å². The Labute approximate surface area is 98.7 Å². The van der Waals surface area contributed by atoms with Gasteiger partial charge in [-0.25, -0.2) is 4.72 Å². The van der Waals surface area contributed by atoms with Gasteiger partial charge in [-0.1, -0.05) is 40.0 Å². The molecule has 0 bridgehead atoms. The summed E-state index contributed by atoms with van der Waals surface area (Å²) < 4.78 is 40.9. The normalized spacial score (nSPS) is 13.9. The minimum absolute atomic E-state index is 0.208. The zero-order valence-corrected chi connectivity index (χ0v) is 10.2. The van der Waals surface area contributed by atoms with E-state index in [1.165, 1.54) is 12.1 Å². The molecule has 1 N–H and O–H groups in total. The third-order valence-corrected chi connectivity index (χ3v) is 2.77. The number of benzene rings is 1. The number of hydrogen-bond donors (Lipinski definition) is 1. The molecule has 15 heavy (non-hydrogen) atoms. The fourth-order valence-corrected chi connectivity index (χ4v) is 1.87. The summed E-state index contributed by atoms with van der Waals surface area (Å²) in [4.78, 5) is 0. The van der Waals surface area contributed by atoms with Crippen LogP contribution in [0, 0.1) is 0 Å². The van der Waals surface area contributed by atoms with Crippen molar-refractivity contribution in [3.05, 3.63) is 34.3 Å². The number of halogens is 4. The Morgan fingerprint density at radius 2 is 1.80 bits per heavy atom. The molecule has 0 saturated heterocycles. The minimum atomic E-state index is -4.28. The average molecular weight is 300 g/mol. The summed E-state index contributed by atoms with van der Waals surface area (Å²) in [5.74, 6) is 0. The predicted octanol–water partition coefficient (Wildman–Crippen LogP) is 3.92. The lowest BCUT2D eigenvalue weighted by molar-refractivity contribution is -0.152. The van der Waals surface area contributed by atoms with Gasteiger partial charge in [0.05, 0.1) is 0 Å². The van der Waals surface area contributed by atoms with Crippen LogP contribution in [-0.4, -0.2) is 12.4 Å². The second-order valence-electron chi connectivity index (χ2n) is 2.85. The third kappa shape index (κ3) is 3.70. The van der Waals surface area contributed by atoms with E-state index in [0.717, 1.165) is 16.4 Å². The monoisotopic (exact) mass is 299 g/mol. The van der Waals surface area contributed by atoms with E-state index >= 15 is 0 Å². The molecular formula is C9H9BrF3NS. The van der Waals surface area contributed by atoms with Gasteiger partial charge in [-0.05, 0) is 24.0 Å². The Hall–Kier alpha value is -0.200. The van der Waals surface area contributed by atoms with Crippen LogP contribution in [0.25, 0.3) is 0 Å². The molecule has 0 aliphatic carbocycles. The molecule has 0 aliphatic rings. The van der Waals surface area contributed by atoms with Crippen LogP contribution in [0.5, 0.6) is 0 Å². The van der Waals surface area contributed by atoms with Gasteiger partial charge in [0.1, 0.15) is 6.04 Å². The fourth-order valence-electron chi connectivity index (χ4n) is 1.10. The highest BCUT2D eigenvalue weighted by Crippen LogP contribution is 2.34. The first-order chi connectivity index (χ1) is 6.95. The van der Waals surface area contributed by atoms with Crippen LogP contribution < -0.4 is 4.72 Å². The highest BCUT2D eigenvalue weighted by atomic mass is 79.9. The number of hydrogen-bond acceptors (Lipinski definition) is 2. The topological polar surface area (TPSA) is 12.0 Å². The zero-order valence-electron chi connectivity index (χ0n) is 7.81. The van der Waals surface area contributed by atoms with E-state index in [-0.39, 0.29) is 5.56 Å². The molecule has 0 unspecified atom stereocenters. The van der Waals surface area contributed by atoms with Gasteiger partial charge in [0.25, 0.3) is 0 Å². The summed E-state index contributed by atoms with van der Waals surface area (Å²) in [5.41, 5.74) is 0.208. The van der Waals surface area contributed by atoms with Crippen molar-refractivity contribution in [2.24, 2.45) is 0 Å². The molecule has 0 saturated carbocycles. The maximum atomic E-state index is 12.6. The van der Waals surface area contributed by atoms with Crippen molar-refractivity contribution in [3.63, 3.8) is 0 Å². The quantitative estimate of drug-likeness (QED) is 0.849. The summed E-state index contributed by atoms with van der Waals surface area (Å²) in [7, 11) is 0. The summed E-state index contributed by atoms with van der Waals surface area (Å²) >= 11 is 4.13. The first-order valence-corrected chi connectivity index (χ1v) is 6.07. The van der Waals surface area contributed by atoms with Gasteiger partial charge in [-0.2, -0.15) is 13.2 Å². The first kappa shape index (κ1) is 12.9. The summed E-state index contributed by atoms with van der Waals surface area (Å²) in [6.07, 6.45) is -2.71. The van der Waals surface area contributed by atoms with Crippen LogP contribution in [0.3, 0.4) is 0 Å². The van der Waals surface area contributed by atoms with E-state index in [4.69, 9.17) is 0 Å². The highest BCUT2D eigenvalue weighted by molar-refractivity contribution is 9.10. The molecule has 1 aromatic carbocycles. The first-order valence-electron chi connectivity index (χ1n) is 4.06. The summed E-state index contributed by atoms with van der Waals surface area (Å²) in [6.45, 7) is 0. The molecule has 1 rings (SSSR count). The number of nitrogens with one attached hydrogen (secondary N) is 1. The van der Waals surface area contributed by atoms with Gasteiger partial charge in [0, 0.05) is 4.47 Å². The van der Waals surface area contributed by atoms with Crippen molar-refractivity contribution >= 4 is 27.9 Å². The van der Waals surface area contributed by atoms with Gasteiger partial charge in [-0.3, -0.25) is 0 Å². The van der Waals surface area contributed by atoms with Crippen molar-refractivity contribution in [3.8, 4) is 0 Å². The molecule has 1 aromatic rings. The fraction of sp³-hybridized carbons (Fsp3) is 0.333. The third-order valence-electron chi connectivity index (χ3n) is 1.77.